The van der Waals surface area contributed by atoms with Gasteiger partial charge in [0.15, 0.2) is 0 Å². The lowest BCUT2D eigenvalue weighted by molar-refractivity contribution is -0.128. The van der Waals surface area contributed by atoms with E-state index in [2.05, 4.69) is 44.7 Å². The molecule has 172 valence electrons. The summed E-state index contributed by atoms with van der Waals surface area (Å²) in [5, 5.41) is 9.74. The zero-order chi connectivity index (χ0) is 22.6. The molecule has 0 aliphatic carbocycles. The first kappa shape index (κ1) is 22.8. The van der Waals surface area contributed by atoms with Crippen molar-refractivity contribution in [3.05, 3.63) is 29.7 Å². The molecule has 32 heavy (non-hydrogen) atoms. The molecular weight excluding hydrogens is 432 g/mol. The molecule has 2 saturated heterocycles. The van der Waals surface area contributed by atoms with Crippen molar-refractivity contribution < 1.29 is 14.3 Å². The fourth-order valence-corrected chi connectivity index (χ4v) is 4.21. The number of carbonyl (C=O) groups is 1. The highest BCUT2D eigenvalue weighted by atomic mass is 35.5. The fourth-order valence-electron chi connectivity index (χ4n) is 4.01. The summed E-state index contributed by atoms with van der Waals surface area (Å²) in [6, 6.07) is 1.70. The predicted molar refractivity (Wildman–Crippen MR) is 123 cm³/mol. The number of anilines is 2. The van der Waals surface area contributed by atoms with Crippen LogP contribution < -0.4 is 16.0 Å². The zero-order valence-electron chi connectivity index (χ0n) is 18.4. The summed E-state index contributed by atoms with van der Waals surface area (Å²) in [5.41, 5.74) is 1.14. The average molecular weight is 461 g/mol. The Morgan fingerprint density at radius 2 is 2.16 bits per heavy atom. The summed E-state index contributed by atoms with van der Waals surface area (Å²) < 4.78 is 11.3. The number of hydrogen-bond donors (Lipinski definition) is 3. The van der Waals surface area contributed by atoms with Gasteiger partial charge in [0.2, 0.25) is 0 Å². The number of carbonyl (C=O) groups excluding carboxylic acids is 1. The topological polar surface area (TPSA) is 110 Å². The minimum atomic E-state index is -0.549. The van der Waals surface area contributed by atoms with Crippen LogP contribution in [0.2, 0.25) is 5.02 Å². The van der Waals surface area contributed by atoms with Crippen molar-refractivity contribution in [2.75, 3.05) is 43.5 Å². The van der Waals surface area contributed by atoms with Gasteiger partial charge in [0.25, 0.3) is 5.91 Å². The molecule has 0 radical (unpaired) electrons. The standard InChI is InChI=1S/C22H29ClN6O3/c1-22(2)8-14(3-5-32-22)9-26-20-13-25-11-17(28-20)15-7-19(27-10-16(15)23)29-21(30)18-12-24-4-6-31-18/h7,10-11,13-14,18,24H,3-6,8-9,12H2,1-2H3,(H,26,28)(H,27,29,30)/t14-,18+/m0/s1. The van der Waals surface area contributed by atoms with Gasteiger partial charge in [-0.3, -0.25) is 9.78 Å². The van der Waals surface area contributed by atoms with Crippen LogP contribution in [-0.4, -0.2) is 65.4 Å². The zero-order valence-corrected chi connectivity index (χ0v) is 19.1. The highest BCUT2D eigenvalue weighted by Gasteiger charge is 2.28. The van der Waals surface area contributed by atoms with Crippen molar-refractivity contribution in [2.24, 2.45) is 5.92 Å². The number of rotatable bonds is 6. The van der Waals surface area contributed by atoms with Crippen LogP contribution in [0.4, 0.5) is 11.6 Å². The molecule has 1 amide bonds. The van der Waals surface area contributed by atoms with E-state index in [0.717, 1.165) is 32.5 Å². The Bertz CT molecular complexity index is 951. The maximum Gasteiger partial charge on any atom is 0.255 e. The van der Waals surface area contributed by atoms with E-state index in [9.17, 15) is 4.79 Å². The number of hydrogen-bond acceptors (Lipinski definition) is 8. The van der Waals surface area contributed by atoms with Gasteiger partial charge in [-0.05, 0) is 38.7 Å². The van der Waals surface area contributed by atoms with Gasteiger partial charge in [0.05, 0.1) is 35.3 Å². The highest BCUT2D eigenvalue weighted by molar-refractivity contribution is 6.33. The largest absolute Gasteiger partial charge is 0.376 e. The molecule has 2 aromatic rings. The van der Waals surface area contributed by atoms with Gasteiger partial charge < -0.3 is 25.4 Å². The van der Waals surface area contributed by atoms with Crippen LogP contribution in [0.1, 0.15) is 26.7 Å². The molecule has 2 aliphatic heterocycles. The van der Waals surface area contributed by atoms with Crippen LogP contribution in [-0.2, 0) is 14.3 Å². The summed E-state index contributed by atoms with van der Waals surface area (Å²) in [6.45, 7) is 7.52. The Balaban J connectivity index is 1.43. The molecule has 4 heterocycles. The van der Waals surface area contributed by atoms with Gasteiger partial charge in [-0.15, -0.1) is 0 Å². The van der Waals surface area contributed by atoms with Crippen LogP contribution in [0.5, 0.6) is 0 Å². The van der Waals surface area contributed by atoms with Crippen molar-refractivity contribution in [2.45, 2.75) is 38.4 Å². The Labute approximate surface area is 192 Å². The third-order valence-electron chi connectivity index (χ3n) is 5.61. The Morgan fingerprint density at radius 3 is 2.94 bits per heavy atom. The number of aromatic nitrogens is 3. The molecule has 2 aromatic heterocycles. The number of halogens is 1. The molecule has 0 unspecified atom stereocenters. The number of pyridine rings is 1. The van der Waals surface area contributed by atoms with Crippen LogP contribution in [0.25, 0.3) is 11.3 Å². The Hall–Kier alpha value is -2.33. The maximum absolute atomic E-state index is 12.4. The predicted octanol–water partition coefficient (Wildman–Crippen LogP) is 2.74. The van der Waals surface area contributed by atoms with Crippen molar-refractivity contribution in [3.8, 4) is 11.3 Å². The maximum atomic E-state index is 12.4. The Kier molecular flexibility index (Phi) is 7.20. The minimum Gasteiger partial charge on any atom is -0.376 e. The molecule has 0 bridgehead atoms. The molecule has 2 aliphatic rings. The molecule has 4 rings (SSSR count). The molecule has 9 nitrogen and oxygen atoms in total. The van der Waals surface area contributed by atoms with E-state index < -0.39 is 6.10 Å². The molecule has 2 fully saturated rings. The SMILES string of the molecule is CC1(C)C[C@@H](CNc2cncc(-c3cc(NC(=O)[C@H]4CNCCO4)ncc3Cl)n2)CCO1. The van der Waals surface area contributed by atoms with Gasteiger partial charge in [-0.1, -0.05) is 11.6 Å². The van der Waals surface area contributed by atoms with Crippen molar-refractivity contribution in [3.63, 3.8) is 0 Å². The summed E-state index contributed by atoms with van der Waals surface area (Å²) in [6.07, 6.45) is 6.30. The second-order valence-electron chi connectivity index (χ2n) is 8.74. The normalized spacial score (nSPS) is 22.8. The van der Waals surface area contributed by atoms with Crippen LogP contribution >= 0.6 is 11.6 Å². The number of nitrogens with zero attached hydrogens (tertiary/aromatic N) is 3. The Morgan fingerprint density at radius 1 is 1.28 bits per heavy atom. The first-order valence-electron chi connectivity index (χ1n) is 10.9. The van der Waals surface area contributed by atoms with Gasteiger partial charge in [-0.25, -0.2) is 9.97 Å². The monoisotopic (exact) mass is 460 g/mol. The highest BCUT2D eigenvalue weighted by Crippen LogP contribution is 2.30. The molecule has 2 atom stereocenters. The molecular formula is C22H29ClN6O3. The minimum absolute atomic E-state index is 0.0950. The van der Waals surface area contributed by atoms with E-state index in [-0.39, 0.29) is 11.5 Å². The molecule has 0 spiro atoms. The lowest BCUT2D eigenvalue weighted by Gasteiger charge is -2.35. The number of nitrogens with one attached hydrogen (secondary N) is 3. The molecule has 0 aromatic carbocycles. The van der Waals surface area contributed by atoms with E-state index in [1.54, 1.807) is 18.5 Å². The smallest absolute Gasteiger partial charge is 0.255 e. The summed E-state index contributed by atoms with van der Waals surface area (Å²) in [4.78, 5) is 25.6. The number of amides is 1. The van der Waals surface area contributed by atoms with Gasteiger partial charge >= 0.3 is 0 Å². The summed E-state index contributed by atoms with van der Waals surface area (Å²) in [5.74, 6) is 1.31. The second-order valence-corrected chi connectivity index (χ2v) is 9.15. The van der Waals surface area contributed by atoms with E-state index in [1.807, 2.05) is 0 Å². The van der Waals surface area contributed by atoms with E-state index >= 15 is 0 Å². The van der Waals surface area contributed by atoms with Crippen LogP contribution in [0, 0.1) is 5.92 Å². The average Bonchev–Trinajstić information content (AvgIpc) is 2.79. The second kappa shape index (κ2) is 10.1. The van der Waals surface area contributed by atoms with Gasteiger partial charge in [0, 0.05) is 38.0 Å². The van der Waals surface area contributed by atoms with E-state index in [0.29, 0.717) is 47.0 Å². The summed E-state index contributed by atoms with van der Waals surface area (Å²) >= 11 is 6.39. The summed E-state index contributed by atoms with van der Waals surface area (Å²) in [7, 11) is 0. The number of morpholine rings is 1. The van der Waals surface area contributed by atoms with Gasteiger partial charge in [0.1, 0.15) is 17.7 Å². The quantitative estimate of drug-likeness (QED) is 0.603. The van der Waals surface area contributed by atoms with E-state index in [4.69, 9.17) is 21.1 Å². The van der Waals surface area contributed by atoms with Gasteiger partial charge in [-0.2, -0.15) is 0 Å². The molecule has 10 heteroatoms. The van der Waals surface area contributed by atoms with Crippen molar-refractivity contribution in [1.29, 1.82) is 0 Å². The van der Waals surface area contributed by atoms with Crippen molar-refractivity contribution in [1.82, 2.24) is 20.3 Å². The molecule has 3 N–H and O–H groups in total. The van der Waals surface area contributed by atoms with Crippen LogP contribution in [0.3, 0.4) is 0 Å². The lowest BCUT2D eigenvalue weighted by Crippen LogP contribution is -2.45. The molecule has 0 saturated carbocycles. The van der Waals surface area contributed by atoms with E-state index in [1.165, 1.54) is 6.20 Å². The number of ether oxygens (including phenoxy) is 2. The third kappa shape index (κ3) is 5.92. The third-order valence-corrected chi connectivity index (χ3v) is 5.91. The first-order valence-corrected chi connectivity index (χ1v) is 11.3. The fraction of sp³-hybridized carbons (Fsp3) is 0.545. The first-order chi connectivity index (χ1) is 15.4. The van der Waals surface area contributed by atoms with Crippen molar-refractivity contribution >= 4 is 29.1 Å². The van der Waals surface area contributed by atoms with Crippen LogP contribution in [0.15, 0.2) is 24.7 Å². The lowest BCUT2D eigenvalue weighted by atomic mass is 9.88.